The Balaban J connectivity index is 2.26. The molecule has 0 amide bonds. The van der Waals surface area contributed by atoms with Crippen molar-refractivity contribution in [3.63, 3.8) is 0 Å². The predicted molar refractivity (Wildman–Crippen MR) is 425 cm³/mol. The number of rotatable bonds is 80. The smallest absolute Gasteiger partial charge is 0.282 e. The minimum Gasteiger partial charge on any atom is -0.381 e. The first kappa shape index (κ1) is 94.7. The summed E-state index contributed by atoms with van der Waals surface area (Å²) in [5.74, 6) is 5.37. The van der Waals surface area contributed by atoms with Gasteiger partial charge in [-0.1, -0.05) is 268 Å². The summed E-state index contributed by atoms with van der Waals surface area (Å²) < 4.78 is 59.4. The second-order valence-electron chi connectivity index (χ2n) is 26.9. The highest BCUT2D eigenvalue weighted by Crippen LogP contribution is 2.44. The molecule has 0 radical (unpaired) electrons. The fraction of sp³-hybridized carbons (Fsp3) is 1.00. The molecule has 1 rings (SSSR count). The molecule has 1 aliphatic carbocycles. The lowest BCUT2D eigenvalue weighted by Crippen LogP contribution is -2.39. The van der Waals surface area contributed by atoms with Gasteiger partial charge in [-0.15, -0.1) is 0 Å². The molecule has 95 heavy (non-hydrogen) atoms. The summed E-state index contributed by atoms with van der Waals surface area (Å²) in [6, 6.07) is 0. The fourth-order valence-corrected chi connectivity index (χ4v) is 22.0. The summed E-state index contributed by atoms with van der Waals surface area (Å²) in [5, 5.41) is 0. The zero-order valence-electron chi connectivity index (χ0n) is 64.0. The van der Waals surface area contributed by atoms with Gasteiger partial charge in [0.1, 0.15) is 0 Å². The summed E-state index contributed by atoms with van der Waals surface area (Å²) in [6.45, 7) is 25.6. The standard InChI is InChI=1S/C79H158O10S6/c1-10-81-77(82-11-2,83-12-3)64-53-47-41-35-29-25-21-19-23-27-33-39-45-51-57-69-90-94-92-71-62-75-60-59-74(61-68-80-67-56-50-44-38-32-31-37-43-49-55-66-79(87-16-7,88-17-8)89-18-9)73-76(75)63-72-93-95-91-70-58-52-46-40-34-28-24-20-22-26-30-36-42-48-54-65-78(84-13-4,85-14-5)86-15-6/h74-76H,10-73H2,1-9H3. The van der Waals surface area contributed by atoms with E-state index in [1.54, 1.807) is 0 Å². The Labute approximate surface area is 614 Å². The molecule has 0 aromatic carbocycles. The van der Waals surface area contributed by atoms with E-state index >= 15 is 0 Å². The summed E-state index contributed by atoms with van der Waals surface area (Å²) in [5.41, 5.74) is 0. The monoisotopic (exact) mass is 1460 g/mol. The van der Waals surface area contributed by atoms with Crippen LogP contribution in [0.25, 0.3) is 0 Å². The Morgan fingerprint density at radius 3 is 0.768 bits per heavy atom. The van der Waals surface area contributed by atoms with Crippen molar-refractivity contribution in [2.45, 2.75) is 395 Å². The molecule has 0 spiro atoms. The molecule has 1 fully saturated rings. The lowest BCUT2D eigenvalue weighted by molar-refractivity contribution is -0.380. The van der Waals surface area contributed by atoms with Crippen LogP contribution in [0.4, 0.5) is 0 Å². The second-order valence-corrected chi connectivity index (χ2v) is 35.9. The van der Waals surface area contributed by atoms with E-state index in [9.17, 15) is 0 Å². The van der Waals surface area contributed by atoms with Crippen LogP contribution in [0.5, 0.6) is 0 Å². The van der Waals surface area contributed by atoms with Crippen LogP contribution in [-0.2, 0) is 47.4 Å². The topological polar surface area (TPSA) is 92.3 Å². The van der Waals surface area contributed by atoms with E-state index in [1.165, 1.54) is 299 Å². The molecule has 570 valence electrons. The van der Waals surface area contributed by atoms with E-state index < -0.39 is 17.9 Å². The molecule has 1 saturated carbocycles. The van der Waals surface area contributed by atoms with E-state index in [2.05, 4.69) is 62.8 Å². The van der Waals surface area contributed by atoms with Crippen LogP contribution in [0.2, 0.25) is 0 Å². The predicted octanol–water partition coefficient (Wildman–Crippen LogP) is 27.3. The average molecular weight is 1460 g/mol. The van der Waals surface area contributed by atoms with Gasteiger partial charge in [0, 0.05) is 115 Å². The van der Waals surface area contributed by atoms with Gasteiger partial charge in [-0.2, -0.15) is 0 Å². The molecular formula is C79H158O10S6. The van der Waals surface area contributed by atoms with Gasteiger partial charge in [-0.3, -0.25) is 0 Å². The molecule has 3 atom stereocenters. The molecule has 0 saturated heterocycles. The second kappa shape index (κ2) is 72.6. The Bertz CT molecular complexity index is 1460. The van der Waals surface area contributed by atoms with Crippen LogP contribution in [0.1, 0.15) is 377 Å². The van der Waals surface area contributed by atoms with Crippen molar-refractivity contribution in [3.8, 4) is 0 Å². The van der Waals surface area contributed by atoms with Crippen molar-refractivity contribution in [1.82, 2.24) is 0 Å². The van der Waals surface area contributed by atoms with Crippen molar-refractivity contribution in [1.29, 1.82) is 0 Å². The highest BCUT2D eigenvalue weighted by molar-refractivity contribution is 9.09. The van der Waals surface area contributed by atoms with Gasteiger partial charge in [0.15, 0.2) is 0 Å². The molecule has 0 heterocycles. The number of hydrogen-bond acceptors (Lipinski definition) is 16. The number of unbranched alkanes of at least 4 members (excludes halogenated alkanes) is 37. The lowest BCUT2D eigenvalue weighted by Gasteiger charge is -2.36. The van der Waals surface area contributed by atoms with Gasteiger partial charge in [-0.25, -0.2) is 0 Å². The van der Waals surface area contributed by atoms with Gasteiger partial charge in [0.05, 0.1) is 0 Å². The van der Waals surface area contributed by atoms with E-state index in [0.29, 0.717) is 59.5 Å². The van der Waals surface area contributed by atoms with Crippen molar-refractivity contribution in [2.24, 2.45) is 17.8 Å². The van der Waals surface area contributed by atoms with Gasteiger partial charge in [-0.05, 0) is 170 Å². The zero-order valence-corrected chi connectivity index (χ0v) is 68.9. The normalized spacial score (nSPS) is 15.7. The molecule has 0 N–H and O–H groups in total. The first-order valence-corrected chi connectivity index (χ1v) is 48.6. The Morgan fingerprint density at radius 1 is 0.242 bits per heavy atom. The van der Waals surface area contributed by atoms with Gasteiger partial charge >= 0.3 is 0 Å². The maximum absolute atomic E-state index is 6.31. The SMILES string of the molecule is CCOC(CCCCCCCCCCCCCCCCCSSSCCC1CCC(CCOCCCCCCCCCCCCC(OCC)(OCC)OCC)CC1CCSSSCCCCCCCCCCCCCCCCCC(OCC)(OCC)OCC)(OCC)OCC. The first-order chi connectivity index (χ1) is 46.8. The fourth-order valence-electron chi connectivity index (χ4n) is 13.9. The van der Waals surface area contributed by atoms with E-state index in [1.807, 2.05) is 62.3 Å². The molecule has 0 aliphatic heterocycles. The molecule has 0 aromatic heterocycles. The van der Waals surface area contributed by atoms with Gasteiger partial charge < -0.3 is 47.4 Å². The largest absolute Gasteiger partial charge is 0.381 e. The van der Waals surface area contributed by atoms with Crippen LogP contribution in [-0.4, -0.2) is 114 Å². The molecule has 16 heteroatoms. The summed E-state index contributed by atoms with van der Waals surface area (Å²) in [6.07, 6.45) is 64.7. The van der Waals surface area contributed by atoms with Gasteiger partial charge in [0.2, 0.25) is 0 Å². The first-order valence-electron chi connectivity index (χ1n) is 40.9. The molecular weight excluding hydrogens is 1300 g/mol. The third-order valence-corrected chi connectivity index (χ3v) is 27.7. The maximum Gasteiger partial charge on any atom is 0.282 e. The van der Waals surface area contributed by atoms with Crippen LogP contribution in [0, 0.1) is 17.8 Å². The minimum atomic E-state index is -0.848. The average Bonchev–Trinajstić information content (AvgIpc) is 1.04. The van der Waals surface area contributed by atoms with Crippen LogP contribution in [0.15, 0.2) is 0 Å². The summed E-state index contributed by atoms with van der Waals surface area (Å²) >= 11 is 0. The highest BCUT2D eigenvalue weighted by Gasteiger charge is 2.34. The van der Waals surface area contributed by atoms with E-state index in [4.69, 9.17) is 47.4 Å². The third-order valence-electron chi connectivity index (χ3n) is 19.0. The summed E-state index contributed by atoms with van der Waals surface area (Å²) in [4.78, 5) is 0. The van der Waals surface area contributed by atoms with E-state index in [-0.39, 0.29) is 0 Å². The van der Waals surface area contributed by atoms with Crippen LogP contribution < -0.4 is 0 Å². The number of hydrogen-bond donors (Lipinski definition) is 0. The maximum atomic E-state index is 6.31. The Kier molecular flexibility index (Phi) is 72.4. The van der Waals surface area contributed by atoms with Crippen molar-refractivity contribution in [3.05, 3.63) is 0 Å². The van der Waals surface area contributed by atoms with Crippen LogP contribution >= 0.6 is 62.8 Å². The molecule has 3 unspecified atom stereocenters. The zero-order chi connectivity index (χ0) is 68.8. The number of ether oxygens (including phenoxy) is 10. The Hall–Kier alpha value is 1.70. The van der Waals surface area contributed by atoms with Crippen LogP contribution in [0.3, 0.4) is 0 Å². The van der Waals surface area contributed by atoms with Crippen molar-refractivity contribution in [2.75, 3.05) is 95.7 Å². The van der Waals surface area contributed by atoms with Crippen molar-refractivity contribution < 1.29 is 47.4 Å². The molecule has 0 bridgehead atoms. The molecule has 0 aromatic rings. The highest BCUT2D eigenvalue weighted by atomic mass is 33.5. The third kappa shape index (κ3) is 56.7. The quantitative estimate of drug-likeness (QED) is 0.0328. The lowest BCUT2D eigenvalue weighted by atomic mass is 9.71. The van der Waals surface area contributed by atoms with Gasteiger partial charge in [0.25, 0.3) is 17.9 Å². The Morgan fingerprint density at radius 2 is 0.484 bits per heavy atom. The minimum absolute atomic E-state index is 0.608. The molecule has 1 aliphatic rings. The molecule has 10 nitrogen and oxygen atoms in total. The summed E-state index contributed by atoms with van der Waals surface area (Å²) in [7, 11) is 12.7. The van der Waals surface area contributed by atoms with E-state index in [0.717, 1.165) is 69.5 Å². The van der Waals surface area contributed by atoms with Crippen molar-refractivity contribution >= 4 is 62.8 Å².